The summed E-state index contributed by atoms with van der Waals surface area (Å²) in [6, 6.07) is 3.29. The van der Waals surface area contributed by atoms with E-state index in [4.69, 9.17) is 9.15 Å². The summed E-state index contributed by atoms with van der Waals surface area (Å²) in [5, 5.41) is 23.9. The number of fused-ring (bicyclic) bond motifs is 5. The quantitative estimate of drug-likeness (QED) is 0.715. The third-order valence-corrected chi connectivity index (χ3v) is 10.2. The summed E-state index contributed by atoms with van der Waals surface area (Å²) < 4.78 is 10.7. The summed E-state index contributed by atoms with van der Waals surface area (Å²) in [6.07, 6.45) is 8.78. The number of hydrogen-bond acceptors (Lipinski definition) is 6. The highest BCUT2D eigenvalue weighted by Crippen LogP contribution is 2.70. The summed E-state index contributed by atoms with van der Waals surface area (Å²) in [7, 11) is 1.67. The second kappa shape index (κ2) is 7.00. The number of hydrogen-bond donors (Lipinski definition) is 2. The molecule has 0 radical (unpaired) electrons. The summed E-state index contributed by atoms with van der Waals surface area (Å²) in [5.74, 6) is 0.0728. The highest BCUT2D eigenvalue weighted by atomic mass is 16.5. The zero-order valence-corrected chi connectivity index (χ0v) is 18.5. The van der Waals surface area contributed by atoms with Crippen molar-refractivity contribution in [3.63, 3.8) is 0 Å². The van der Waals surface area contributed by atoms with Crippen molar-refractivity contribution in [1.29, 1.82) is 0 Å². The summed E-state index contributed by atoms with van der Waals surface area (Å²) >= 11 is 0. The lowest BCUT2D eigenvalue weighted by Gasteiger charge is -2.65. The van der Waals surface area contributed by atoms with Gasteiger partial charge in [-0.3, -0.25) is 0 Å². The van der Waals surface area contributed by atoms with Crippen LogP contribution in [0.2, 0.25) is 0 Å². The number of carbonyl (C=O) groups is 1. The van der Waals surface area contributed by atoms with Crippen molar-refractivity contribution in [2.45, 2.75) is 87.9 Å². The molecule has 5 rings (SSSR count). The molecule has 0 spiro atoms. The molecule has 6 nitrogen and oxygen atoms in total. The maximum atomic E-state index is 12.6. The van der Waals surface area contributed by atoms with Gasteiger partial charge in [0, 0.05) is 25.0 Å². The molecule has 4 aliphatic carbocycles. The third-order valence-electron chi connectivity index (χ3n) is 10.2. The molecule has 6 heteroatoms. The van der Waals surface area contributed by atoms with Gasteiger partial charge in [-0.25, -0.2) is 4.79 Å². The average Bonchev–Trinajstić information content (AvgIpc) is 3.04. The molecule has 1 heterocycles. The summed E-state index contributed by atoms with van der Waals surface area (Å²) in [4.78, 5) is 24.1. The predicted molar refractivity (Wildman–Crippen MR) is 114 cm³/mol. The molecule has 0 saturated heterocycles. The van der Waals surface area contributed by atoms with Crippen LogP contribution in [0.4, 0.5) is 0 Å². The summed E-state index contributed by atoms with van der Waals surface area (Å²) in [5.41, 5.74) is -2.50. The molecule has 1 aromatic rings. The zero-order valence-electron chi connectivity index (χ0n) is 18.5. The first kappa shape index (κ1) is 21.4. The van der Waals surface area contributed by atoms with Crippen LogP contribution in [0.15, 0.2) is 27.6 Å². The molecule has 4 fully saturated rings. The van der Waals surface area contributed by atoms with Crippen LogP contribution in [0.5, 0.6) is 0 Å². The Bertz CT molecular complexity index is 906. The molecule has 8 unspecified atom stereocenters. The van der Waals surface area contributed by atoms with Gasteiger partial charge in [0.1, 0.15) is 6.29 Å². The van der Waals surface area contributed by atoms with Crippen LogP contribution in [-0.2, 0) is 9.53 Å². The number of methoxy groups -OCH3 is 1. The van der Waals surface area contributed by atoms with E-state index in [1.54, 1.807) is 13.4 Å². The monoisotopic (exact) mass is 430 g/mol. The minimum absolute atomic E-state index is 0.0171. The molecular weight excluding hydrogens is 396 g/mol. The molecule has 170 valence electrons. The van der Waals surface area contributed by atoms with Crippen molar-refractivity contribution < 1.29 is 24.2 Å². The van der Waals surface area contributed by atoms with Crippen molar-refractivity contribution in [2.75, 3.05) is 7.11 Å². The molecule has 0 aliphatic heterocycles. The van der Waals surface area contributed by atoms with E-state index >= 15 is 0 Å². The molecule has 4 saturated carbocycles. The van der Waals surface area contributed by atoms with Gasteiger partial charge in [0.2, 0.25) is 0 Å². The van der Waals surface area contributed by atoms with Crippen LogP contribution in [0.1, 0.15) is 76.2 Å². The lowest BCUT2D eigenvalue weighted by Crippen LogP contribution is -2.68. The topological polar surface area (TPSA) is 97.0 Å². The number of carbonyl (C=O) groups excluding carboxylic acids is 1. The molecular formula is C25H34O6. The number of rotatable bonds is 3. The van der Waals surface area contributed by atoms with E-state index in [2.05, 4.69) is 6.92 Å². The highest BCUT2D eigenvalue weighted by molar-refractivity contribution is 5.64. The summed E-state index contributed by atoms with van der Waals surface area (Å²) in [6.45, 7) is 2.17. The van der Waals surface area contributed by atoms with Crippen molar-refractivity contribution in [3.05, 3.63) is 34.4 Å². The second-order valence-electron chi connectivity index (χ2n) is 10.9. The Hall–Kier alpha value is -1.50. The second-order valence-corrected chi connectivity index (χ2v) is 10.9. The van der Waals surface area contributed by atoms with E-state index < -0.39 is 16.6 Å². The SMILES string of the molecule is COC1CCC2(C=O)C3CCC4(C)C(c5ccc(=O)oc5)CCC4(O)C3CCC2(O)C1. The van der Waals surface area contributed by atoms with Gasteiger partial charge < -0.3 is 24.2 Å². The predicted octanol–water partition coefficient (Wildman–Crippen LogP) is 3.19. The van der Waals surface area contributed by atoms with Crippen LogP contribution >= 0.6 is 0 Å². The van der Waals surface area contributed by atoms with E-state index in [0.717, 1.165) is 44.0 Å². The Labute approximate surface area is 183 Å². The Morgan fingerprint density at radius 2 is 1.84 bits per heavy atom. The van der Waals surface area contributed by atoms with Crippen molar-refractivity contribution in [3.8, 4) is 0 Å². The maximum Gasteiger partial charge on any atom is 0.335 e. The van der Waals surface area contributed by atoms with Crippen molar-refractivity contribution >= 4 is 6.29 Å². The van der Waals surface area contributed by atoms with Gasteiger partial charge in [-0.1, -0.05) is 6.92 Å². The molecule has 8 atom stereocenters. The number of aliphatic hydroxyl groups is 2. The molecule has 0 amide bonds. The third kappa shape index (κ3) is 2.67. The van der Waals surface area contributed by atoms with Crippen LogP contribution in [0, 0.1) is 22.7 Å². The Morgan fingerprint density at radius 3 is 2.52 bits per heavy atom. The lowest BCUT2D eigenvalue weighted by molar-refractivity contribution is -0.248. The molecule has 2 N–H and O–H groups in total. The van der Waals surface area contributed by atoms with Gasteiger partial charge in [-0.05, 0) is 80.8 Å². The normalized spacial score (nSPS) is 49.0. The number of ether oxygens (including phenoxy) is 1. The van der Waals surface area contributed by atoms with Gasteiger partial charge in [0.05, 0.1) is 29.0 Å². The number of aldehydes is 1. The fourth-order valence-corrected chi connectivity index (χ4v) is 8.44. The van der Waals surface area contributed by atoms with Gasteiger partial charge in [0.25, 0.3) is 0 Å². The van der Waals surface area contributed by atoms with Crippen molar-refractivity contribution in [2.24, 2.45) is 22.7 Å². The van der Waals surface area contributed by atoms with Crippen LogP contribution < -0.4 is 5.63 Å². The highest BCUT2D eigenvalue weighted by Gasteiger charge is 2.71. The largest absolute Gasteiger partial charge is 0.431 e. The van der Waals surface area contributed by atoms with Crippen LogP contribution in [-0.4, -0.2) is 40.9 Å². The van der Waals surface area contributed by atoms with Gasteiger partial charge in [0.15, 0.2) is 0 Å². The average molecular weight is 431 g/mol. The molecule has 4 aliphatic rings. The molecule has 0 bridgehead atoms. The smallest absolute Gasteiger partial charge is 0.335 e. The minimum atomic E-state index is -1.06. The molecule has 0 aromatic carbocycles. The maximum absolute atomic E-state index is 12.6. The Kier molecular flexibility index (Phi) is 4.82. The fourth-order valence-electron chi connectivity index (χ4n) is 8.44. The van der Waals surface area contributed by atoms with E-state index in [1.165, 1.54) is 6.07 Å². The first-order valence-corrected chi connectivity index (χ1v) is 11.8. The van der Waals surface area contributed by atoms with Gasteiger partial charge in [-0.2, -0.15) is 0 Å². The van der Waals surface area contributed by atoms with Crippen LogP contribution in [0.25, 0.3) is 0 Å². The van der Waals surface area contributed by atoms with Crippen LogP contribution in [0.3, 0.4) is 0 Å². The molecule has 31 heavy (non-hydrogen) atoms. The Balaban J connectivity index is 1.51. The first-order chi connectivity index (χ1) is 14.7. The zero-order chi connectivity index (χ0) is 22.1. The van der Waals surface area contributed by atoms with E-state index in [-0.39, 0.29) is 34.9 Å². The van der Waals surface area contributed by atoms with E-state index in [0.29, 0.717) is 25.7 Å². The van der Waals surface area contributed by atoms with Gasteiger partial charge in [-0.15, -0.1) is 0 Å². The van der Waals surface area contributed by atoms with E-state index in [1.807, 2.05) is 6.07 Å². The Morgan fingerprint density at radius 1 is 1.06 bits per heavy atom. The fraction of sp³-hybridized carbons (Fsp3) is 0.760. The first-order valence-electron chi connectivity index (χ1n) is 11.8. The van der Waals surface area contributed by atoms with E-state index in [9.17, 15) is 19.8 Å². The molecule has 1 aromatic heterocycles. The standard InChI is InChI=1S/C25H34O6/c1-22-9-6-19-20(7-11-24(28)13-17(30-2)5-10-23(19,24)15-26)25(22,29)12-8-18(22)16-3-4-21(27)31-14-16/h3-4,14-15,17-20,28-29H,5-13H2,1-2H3. The minimum Gasteiger partial charge on any atom is -0.431 e. The van der Waals surface area contributed by atoms with Crippen molar-refractivity contribution in [1.82, 2.24) is 0 Å². The lowest BCUT2D eigenvalue weighted by atomic mass is 9.41. The van der Waals surface area contributed by atoms with Gasteiger partial charge >= 0.3 is 5.63 Å².